The number of amides is 2. The van der Waals surface area contributed by atoms with E-state index in [0.29, 0.717) is 13.1 Å². The lowest BCUT2D eigenvalue weighted by molar-refractivity contribution is -0.155. The summed E-state index contributed by atoms with van der Waals surface area (Å²) in [7, 11) is 2.06. The fourth-order valence-corrected chi connectivity index (χ4v) is 4.00. The fourth-order valence-electron chi connectivity index (χ4n) is 4.00. The van der Waals surface area contributed by atoms with Crippen LogP contribution in [0.25, 0.3) is 0 Å². The maximum Gasteiger partial charge on any atom is 0.238 e. The van der Waals surface area contributed by atoms with Crippen LogP contribution in [-0.4, -0.2) is 66.3 Å². The third-order valence-corrected chi connectivity index (χ3v) is 5.84. The van der Waals surface area contributed by atoms with Crippen molar-refractivity contribution < 1.29 is 9.59 Å². The van der Waals surface area contributed by atoms with E-state index < -0.39 is 5.41 Å². The maximum absolute atomic E-state index is 13.3. The van der Waals surface area contributed by atoms with Crippen molar-refractivity contribution in [2.75, 3.05) is 39.8 Å². The minimum atomic E-state index is -1.01. The van der Waals surface area contributed by atoms with Crippen LogP contribution in [0.1, 0.15) is 43.9 Å². The Balaban J connectivity index is 1.75. The first-order valence-corrected chi connectivity index (χ1v) is 9.66. The summed E-state index contributed by atoms with van der Waals surface area (Å²) in [5.41, 5.74) is 1.38. The van der Waals surface area contributed by atoms with E-state index in [9.17, 15) is 9.59 Å². The van der Waals surface area contributed by atoms with Crippen molar-refractivity contribution in [3.63, 3.8) is 0 Å². The van der Waals surface area contributed by atoms with Crippen molar-refractivity contribution in [3.05, 3.63) is 35.4 Å². The van der Waals surface area contributed by atoms with Gasteiger partial charge < -0.3 is 14.7 Å². The number of hydrogen-bond donors (Lipinski definition) is 0. The smallest absolute Gasteiger partial charge is 0.238 e. The average molecular weight is 357 g/mol. The predicted octanol–water partition coefficient (Wildman–Crippen LogP) is 2.46. The van der Waals surface area contributed by atoms with Gasteiger partial charge in [-0.25, -0.2) is 0 Å². The van der Waals surface area contributed by atoms with E-state index in [1.54, 1.807) is 13.8 Å². The van der Waals surface area contributed by atoms with Crippen LogP contribution in [0, 0.1) is 12.3 Å². The maximum atomic E-state index is 13.3. The second kappa shape index (κ2) is 7.39. The second-order valence-corrected chi connectivity index (χ2v) is 8.29. The Morgan fingerprint density at radius 1 is 0.962 bits per heavy atom. The third kappa shape index (κ3) is 3.63. The Bertz CT molecular complexity index is 660. The molecule has 1 unspecified atom stereocenters. The Hall–Kier alpha value is -1.88. The number of piperazine rings is 1. The molecule has 2 aliphatic heterocycles. The van der Waals surface area contributed by atoms with Crippen LogP contribution in [-0.2, 0) is 9.59 Å². The molecule has 1 aromatic carbocycles. The number of hydrogen-bond acceptors (Lipinski definition) is 3. The number of carbonyl (C=O) groups is 2. The molecule has 1 aromatic rings. The van der Waals surface area contributed by atoms with Crippen LogP contribution >= 0.6 is 0 Å². The molecule has 0 saturated carbocycles. The van der Waals surface area contributed by atoms with Gasteiger partial charge in [0.1, 0.15) is 5.41 Å². The van der Waals surface area contributed by atoms with Gasteiger partial charge in [0, 0.05) is 32.7 Å². The van der Waals surface area contributed by atoms with Gasteiger partial charge in [-0.05, 0) is 46.2 Å². The summed E-state index contributed by atoms with van der Waals surface area (Å²) < 4.78 is 0. The van der Waals surface area contributed by atoms with Gasteiger partial charge in [0.2, 0.25) is 11.8 Å². The van der Waals surface area contributed by atoms with Gasteiger partial charge in [-0.2, -0.15) is 0 Å². The molecule has 0 N–H and O–H groups in total. The Morgan fingerprint density at radius 2 is 1.58 bits per heavy atom. The largest absolute Gasteiger partial charge is 0.339 e. The minimum Gasteiger partial charge on any atom is -0.339 e. The lowest BCUT2D eigenvalue weighted by atomic mass is 9.88. The molecule has 2 aliphatic rings. The number of benzene rings is 1. The van der Waals surface area contributed by atoms with Crippen LogP contribution in [0.5, 0.6) is 0 Å². The third-order valence-electron chi connectivity index (χ3n) is 5.84. The van der Waals surface area contributed by atoms with E-state index in [1.165, 1.54) is 11.1 Å². The molecule has 0 aromatic heterocycles. The monoisotopic (exact) mass is 357 g/mol. The Labute approximate surface area is 156 Å². The summed E-state index contributed by atoms with van der Waals surface area (Å²) >= 11 is 0. The van der Waals surface area contributed by atoms with Crippen molar-refractivity contribution in [1.82, 2.24) is 14.7 Å². The highest BCUT2D eigenvalue weighted by Gasteiger charge is 2.45. The molecule has 2 amide bonds. The molecular formula is C21H31N3O2. The topological polar surface area (TPSA) is 43.9 Å². The molecule has 0 spiro atoms. The quantitative estimate of drug-likeness (QED) is 0.781. The first-order chi connectivity index (χ1) is 12.3. The van der Waals surface area contributed by atoms with Crippen LogP contribution < -0.4 is 0 Å². The number of likely N-dealkylation sites (N-methyl/N-ethyl adjacent to an activating group) is 1. The molecule has 26 heavy (non-hydrogen) atoms. The molecule has 2 fully saturated rings. The zero-order chi connectivity index (χ0) is 18.9. The van der Waals surface area contributed by atoms with Crippen molar-refractivity contribution >= 4 is 11.8 Å². The zero-order valence-corrected chi connectivity index (χ0v) is 16.5. The summed E-state index contributed by atoms with van der Waals surface area (Å²) in [4.78, 5) is 32.4. The van der Waals surface area contributed by atoms with E-state index in [4.69, 9.17) is 0 Å². The molecule has 0 bridgehead atoms. The van der Waals surface area contributed by atoms with Crippen LogP contribution in [0.3, 0.4) is 0 Å². The zero-order valence-electron chi connectivity index (χ0n) is 16.5. The summed E-state index contributed by atoms with van der Waals surface area (Å²) in [5.74, 6) is -0.0744. The lowest BCUT2D eigenvalue weighted by Crippen LogP contribution is -2.55. The average Bonchev–Trinajstić information content (AvgIpc) is 3.11. The van der Waals surface area contributed by atoms with Gasteiger partial charge in [-0.15, -0.1) is 0 Å². The van der Waals surface area contributed by atoms with Crippen molar-refractivity contribution in [1.29, 1.82) is 0 Å². The van der Waals surface area contributed by atoms with Crippen LogP contribution in [0.15, 0.2) is 24.3 Å². The molecular weight excluding hydrogens is 326 g/mol. The van der Waals surface area contributed by atoms with Crippen molar-refractivity contribution in [3.8, 4) is 0 Å². The standard InChI is InChI=1S/C21H31N3O2/c1-16-7-9-17(10-8-16)18-6-5-11-24(18)20(26)21(2,3)19(25)23-14-12-22(4)13-15-23/h7-10,18H,5-6,11-15H2,1-4H3. The molecule has 2 saturated heterocycles. The van der Waals surface area contributed by atoms with Gasteiger partial charge in [0.15, 0.2) is 0 Å². The normalized spacial score (nSPS) is 21.9. The number of likely N-dealkylation sites (tertiary alicyclic amines) is 1. The van der Waals surface area contributed by atoms with E-state index >= 15 is 0 Å². The van der Waals surface area contributed by atoms with Gasteiger partial charge in [0.25, 0.3) is 0 Å². The number of carbonyl (C=O) groups excluding carboxylic acids is 2. The number of aryl methyl sites for hydroxylation is 1. The van der Waals surface area contributed by atoms with Gasteiger partial charge in [-0.1, -0.05) is 29.8 Å². The fraction of sp³-hybridized carbons (Fsp3) is 0.619. The number of rotatable bonds is 3. The minimum absolute atomic E-state index is 0.0369. The molecule has 2 heterocycles. The Morgan fingerprint density at radius 3 is 2.19 bits per heavy atom. The predicted molar refractivity (Wildman–Crippen MR) is 103 cm³/mol. The van der Waals surface area contributed by atoms with E-state index in [-0.39, 0.29) is 17.9 Å². The van der Waals surface area contributed by atoms with Gasteiger partial charge >= 0.3 is 0 Å². The molecule has 5 heteroatoms. The van der Waals surface area contributed by atoms with E-state index in [1.807, 2.05) is 9.80 Å². The SMILES string of the molecule is Cc1ccc(C2CCCN2C(=O)C(C)(C)C(=O)N2CCN(C)CC2)cc1. The van der Waals surface area contributed by atoms with Gasteiger partial charge in [-0.3, -0.25) is 9.59 Å². The number of nitrogens with zero attached hydrogens (tertiary/aromatic N) is 3. The lowest BCUT2D eigenvalue weighted by Gasteiger charge is -2.39. The Kier molecular flexibility index (Phi) is 5.37. The first-order valence-electron chi connectivity index (χ1n) is 9.66. The molecule has 0 radical (unpaired) electrons. The summed E-state index contributed by atoms with van der Waals surface area (Å²) in [6.07, 6.45) is 1.96. The van der Waals surface area contributed by atoms with Crippen molar-refractivity contribution in [2.24, 2.45) is 5.41 Å². The van der Waals surface area contributed by atoms with E-state index in [0.717, 1.165) is 32.5 Å². The summed E-state index contributed by atoms with van der Waals surface area (Å²) in [5, 5.41) is 0. The molecule has 1 atom stereocenters. The highest BCUT2D eigenvalue weighted by Crippen LogP contribution is 2.36. The van der Waals surface area contributed by atoms with Crippen LogP contribution in [0.4, 0.5) is 0 Å². The van der Waals surface area contributed by atoms with E-state index in [2.05, 4.69) is 43.1 Å². The summed E-state index contributed by atoms with van der Waals surface area (Å²) in [6.45, 7) is 9.52. The molecule has 142 valence electrons. The van der Waals surface area contributed by atoms with Gasteiger partial charge in [0.05, 0.1) is 6.04 Å². The molecule has 0 aliphatic carbocycles. The highest BCUT2D eigenvalue weighted by atomic mass is 16.2. The van der Waals surface area contributed by atoms with Crippen molar-refractivity contribution in [2.45, 2.75) is 39.7 Å². The van der Waals surface area contributed by atoms with Crippen LogP contribution in [0.2, 0.25) is 0 Å². The second-order valence-electron chi connectivity index (χ2n) is 8.29. The summed E-state index contributed by atoms with van der Waals surface area (Å²) in [6, 6.07) is 8.50. The molecule has 3 rings (SSSR count). The molecule has 5 nitrogen and oxygen atoms in total. The first kappa shape index (κ1) is 18.9. The highest BCUT2D eigenvalue weighted by molar-refractivity contribution is 6.04.